The summed E-state index contributed by atoms with van der Waals surface area (Å²) in [5, 5.41) is 10.2. The second kappa shape index (κ2) is 3.95. The van der Waals surface area contributed by atoms with Gasteiger partial charge in [-0.2, -0.15) is 0 Å². The molecule has 0 atom stereocenters. The predicted molar refractivity (Wildman–Crippen MR) is 44.1 cm³/mol. The molecule has 0 saturated carbocycles. The molecule has 0 aliphatic carbocycles. The Morgan fingerprint density at radius 1 is 1.53 bits per heavy atom. The first kappa shape index (κ1) is 11.0. The van der Waals surface area contributed by atoms with Gasteiger partial charge in [-0.05, 0) is 4.92 Å². The largest absolute Gasteiger partial charge is 0.358 e. The molecule has 1 N–H and O–H groups in total. The van der Waals surface area contributed by atoms with Crippen LogP contribution in [0.25, 0.3) is 0 Å². The van der Waals surface area contributed by atoms with Gasteiger partial charge >= 0.3 is 11.4 Å². The molecule has 1 heterocycles. The van der Waals surface area contributed by atoms with Crippen LogP contribution < -0.4 is 5.56 Å². The Kier molecular flexibility index (Phi) is 2.88. The molecule has 8 heteroatoms. The van der Waals surface area contributed by atoms with Crippen LogP contribution in [0.3, 0.4) is 0 Å². The van der Waals surface area contributed by atoms with Gasteiger partial charge in [0.1, 0.15) is 5.56 Å². The van der Waals surface area contributed by atoms with Crippen molar-refractivity contribution in [3.05, 3.63) is 37.7 Å². The molecule has 0 aliphatic rings. The molecule has 0 fully saturated rings. The maximum absolute atomic E-state index is 12.3. The van der Waals surface area contributed by atoms with Gasteiger partial charge in [-0.1, -0.05) is 0 Å². The van der Waals surface area contributed by atoms with Crippen LogP contribution in [-0.2, 0) is 0 Å². The van der Waals surface area contributed by atoms with E-state index in [9.17, 15) is 28.5 Å². The number of aromatic amines is 1. The summed E-state index contributed by atoms with van der Waals surface area (Å²) in [6.07, 6.45) is -3.18. The summed E-state index contributed by atoms with van der Waals surface area (Å²) in [7, 11) is 0. The highest BCUT2D eigenvalue weighted by atomic mass is 19.3. The lowest BCUT2D eigenvalue weighted by Crippen LogP contribution is -2.17. The number of H-pyrrole nitrogens is 1. The Morgan fingerprint density at radius 2 is 2.13 bits per heavy atom. The van der Waals surface area contributed by atoms with Gasteiger partial charge in [0, 0.05) is 11.6 Å². The number of aromatic nitrogens is 1. The highest BCUT2D eigenvalue weighted by Gasteiger charge is 2.21. The Morgan fingerprint density at radius 3 is 2.53 bits per heavy atom. The number of nitrogens with one attached hydrogen (secondary N) is 1. The number of hydrogen-bond acceptors (Lipinski definition) is 4. The van der Waals surface area contributed by atoms with Crippen molar-refractivity contribution in [3.8, 4) is 0 Å². The van der Waals surface area contributed by atoms with E-state index in [0.717, 1.165) is 0 Å². The van der Waals surface area contributed by atoms with Gasteiger partial charge in [0.15, 0.2) is 6.29 Å². The number of alkyl halides is 2. The van der Waals surface area contributed by atoms with Gasteiger partial charge in [-0.25, -0.2) is 18.6 Å². The smallest absolute Gasteiger partial charge is 0.342 e. The van der Waals surface area contributed by atoms with E-state index in [1.807, 2.05) is 0 Å². The minimum absolute atomic E-state index is 0.0654. The van der Waals surface area contributed by atoms with Gasteiger partial charge in [0.25, 0.3) is 6.43 Å². The number of pyridine rings is 1. The Labute approximate surface area is 80.7 Å². The van der Waals surface area contributed by atoms with E-state index in [4.69, 9.17) is 0 Å². The SMILES string of the molecule is O=Cc1c(C(F)F)cc([N+](=O)[O-])[nH]c1=O. The molecule has 0 radical (unpaired) electrons. The molecular formula is C7H4F2N2O4. The number of halogens is 2. The molecule has 0 unspecified atom stereocenters. The average Bonchev–Trinajstić information content (AvgIpc) is 2.16. The first-order valence-electron chi connectivity index (χ1n) is 3.62. The van der Waals surface area contributed by atoms with E-state index in [2.05, 4.69) is 0 Å². The number of nitrogens with zero attached hydrogens (tertiary/aromatic N) is 1. The van der Waals surface area contributed by atoms with Crippen molar-refractivity contribution in [2.45, 2.75) is 6.43 Å². The zero-order chi connectivity index (χ0) is 11.6. The first-order chi connectivity index (χ1) is 6.97. The molecule has 6 nitrogen and oxygen atoms in total. The summed E-state index contributed by atoms with van der Waals surface area (Å²) >= 11 is 0. The third-order valence-corrected chi connectivity index (χ3v) is 1.64. The number of aldehydes is 1. The van der Waals surface area contributed by atoms with Crippen molar-refractivity contribution < 1.29 is 18.5 Å². The standard InChI is InChI=1S/C7H4F2N2O4/c8-6(9)3-1-5(11(14)15)10-7(13)4(3)2-12/h1-2,6H,(H,10,13). The quantitative estimate of drug-likeness (QED) is 0.465. The third-order valence-electron chi connectivity index (χ3n) is 1.64. The molecule has 0 bridgehead atoms. The van der Waals surface area contributed by atoms with Gasteiger partial charge < -0.3 is 10.1 Å². The van der Waals surface area contributed by atoms with Gasteiger partial charge in [-0.3, -0.25) is 4.79 Å². The number of carbonyl (C=O) groups is 1. The molecule has 0 amide bonds. The van der Waals surface area contributed by atoms with Gasteiger partial charge in [-0.15, -0.1) is 0 Å². The van der Waals surface area contributed by atoms with Crippen molar-refractivity contribution in [2.75, 3.05) is 0 Å². The van der Waals surface area contributed by atoms with Crippen molar-refractivity contribution >= 4 is 12.1 Å². The van der Waals surface area contributed by atoms with Crippen molar-refractivity contribution in [1.29, 1.82) is 0 Å². The lowest BCUT2D eigenvalue weighted by atomic mass is 10.1. The van der Waals surface area contributed by atoms with E-state index < -0.39 is 33.9 Å². The molecule has 1 aromatic rings. The normalized spacial score (nSPS) is 10.3. The maximum Gasteiger partial charge on any atom is 0.342 e. The fraction of sp³-hybridized carbons (Fsp3) is 0.143. The van der Waals surface area contributed by atoms with E-state index in [1.165, 1.54) is 0 Å². The highest BCUT2D eigenvalue weighted by Crippen LogP contribution is 2.22. The van der Waals surface area contributed by atoms with E-state index in [-0.39, 0.29) is 6.29 Å². The molecule has 80 valence electrons. The zero-order valence-corrected chi connectivity index (χ0v) is 7.07. The first-order valence-corrected chi connectivity index (χ1v) is 3.62. The van der Waals surface area contributed by atoms with E-state index >= 15 is 0 Å². The number of nitro groups is 1. The summed E-state index contributed by atoms with van der Waals surface area (Å²) < 4.78 is 24.6. The van der Waals surface area contributed by atoms with Crippen LogP contribution in [0.2, 0.25) is 0 Å². The molecule has 0 aromatic carbocycles. The third kappa shape index (κ3) is 2.03. The predicted octanol–water partition coefficient (Wildman–Crippen LogP) is 1.03. The molecule has 0 aliphatic heterocycles. The number of rotatable bonds is 3. The monoisotopic (exact) mass is 218 g/mol. The van der Waals surface area contributed by atoms with E-state index in [1.54, 1.807) is 4.98 Å². The fourth-order valence-electron chi connectivity index (χ4n) is 0.976. The Balaban J connectivity index is 3.52. The van der Waals surface area contributed by atoms with Crippen LogP contribution in [0.1, 0.15) is 22.3 Å². The second-order valence-corrected chi connectivity index (χ2v) is 2.53. The summed E-state index contributed by atoms with van der Waals surface area (Å²) in [6, 6.07) is 0.468. The van der Waals surface area contributed by atoms with E-state index in [0.29, 0.717) is 6.07 Å². The van der Waals surface area contributed by atoms with Crippen LogP contribution in [-0.4, -0.2) is 16.2 Å². The molecule has 1 aromatic heterocycles. The fourth-order valence-corrected chi connectivity index (χ4v) is 0.976. The van der Waals surface area contributed by atoms with Crippen LogP contribution in [0.4, 0.5) is 14.6 Å². The topological polar surface area (TPSA) is 93.1 Å². The van der Waals surface area contributed by atoms with Crippen LogP contribution in [0.15, 0.2) is 10.9 Å². The van der Waals surface area contributed by atoms with Crippen molar-refractivity contribution in [3.63, 3.8) is 0 Å². The zero-order valence-electron chi connectivity index (χ0n) is 7.07. The molecular weight excluding hydrogens is 214 g/mol. The van der Waals surface area contributed by atoms with Crippen LogP contribution >= 0.6 is 0 Å². The number of hydrogen-bond donors (Lipinski definition) is 1. The van der Waals surface area contributed by atoms with Gasteiger partial charge in [0.2, 0.25) is 0 Å². The summed E-state index contributed by atoms with van der Waals surface area (Å²) in [6.45, 7) is 0. The van der Waals surface area contributed by atoms with Crippen molar-refractivity contribution in [1.82, 2.24) is 4.98 Å². The maximum atomic E-state index is 12.3. The minimum Gasteiger partial charge on any atom is -0.358 e. The molecule has 15 heavy (non-hydrogen) atoms. The second-order valence-electron chi connectivity index (χ2n) is 2.53. The molecule has 0 saturated heterocycles. The Bertz CT molecular complexity index is 469. The lowest BCUT2D eigenvalue weighted by molar-refractivity contribution is -0.389. The van der Waals surface area contributed by atoms with Crippen LogP contribution in [0, 0.1) is 10.1 Å². The summed E-state index contributed by atoms with van der Waals surface area (Å²) in [4.78, 5) is 32.2. The number of carbonyl (C=O) groups excluding carboxylic acids is 1. The molecule has 1 rings (SSSR count). The van der Waals surface area contributed by atoms with Gasteiger partial charge in [0.05, 0.1) is 0 Å². The van der Waals surface area contributed by atoms with Crippen molar-refractivity contribution in [2.24, 2.45) is 0 Å². The summed E-state index contributed by atoms with van der Waals surface area (Å²) in [5.41, 5.74) is -2.94. The summed E-state index contributed by atoms with van der Waals surface area (Å²) in [5.74, 6) is -0.874. The lowest BCUT2D eigenvalue weighted by Gasteiger charge is -2.01. The average molecular weight is 218 g/mol. The molecule has 0 spiro atoms. The Hall–Kier alpha value is -2.12. The minimum atomic E-state index is -3.12. The highest BCUT2D eigenvalue weighted by molar-refractivity contribution is 5.77. The van der Waals surface area contributed by atoms with Crippen LogP contribution in [0.5, 0.6) is 0 Å².